The Morgan fingerprint density at radius 3 is 2.31 bits per heavy atom. The van der Waals surface area contributed by atoms with Crippen molar-refractivity contribution in [1.29, 1.82) is 0 Å². The molecule has 0 aliphatic rings. The highest BCUT2D eigenvalue weighted by atomic mass is 16.5. The van der Waals surface area contributed by atoms with Crippen molar-refractivity contribution in [1.82, 2.24) is 14.5 Å². The number of pyridine rings is 1. The molecular weight excluding hydrogens is 554 g/mol. The Balaban J connectivity index is 1.30. The minimum atomic E-state index is 0.370. The molecule has 0 fully saturated rings. The van der Waals surface area contributed by atoms with Crippen molar-refractivity contribution in [2.75, 3.05) is 0 Å². The number of imidazole rings is 1. The van der Waals surface area contributed by atoms with Crippen LogP contribution in [0.25, 0.3) is 60.7 Å². The summed E-state index contributed by atoms with van der Waals surface area (Å²) in [6.45, 7) is 8.99. The second-order valence-corrected chi connectivity index (χ2v) is 12.3. The van der Waals surface area contributed by atoms with E-state index in [9.17, 15) is 0 Å². The molecule has 0 aliphatic carbocycles. The first-order valence-corrected chi connectivity index (χ1v) is 15.5. The topological polar surface area (TPSA) is 53.1 Å². The maximum atomic E-state index is 6.80. The van der Waals surface area contributed by atoms with Crippen LogP contribution in [0.1, 0.15) is 50.7 Å². The molecule has 5 nitrogen and oxygen atoms in total. The third kappa shape index (κ3) is 4.46. The van der Waals surface area contributed by atoms with Crippen molar-refractivity contribution < 1.29 is 9.15 Å². The van der Waals surface area contributed by atoms with E-state index in [4.69, 9.17) is 19.1 Å². The summed E-state index contributed by atoms with van der Waals surface area (Å²) in [6, 6.07) is 33.3. The molecule has 8 aromatic rings. The standard InChI is InChI=1S/C40H33N3O2/c1-24(2)29-14-8-15-30(25(3)4)38(29)43-21-20-42-40(43)27-10-7-12-28(22-27)44-35-23-33-31(18-17-26-11-9-19-41-37(26)33)39-36(35)32-13-5-6-16-34(32)45-39/h5-25H,1-4H3. The fourth-order valence-corrected chi connectivity index (χ4v) is 6.59. The molecule has 0 saturated carbocycles. The molecule has 5 aromatic carbocycles. The van der Waals surface area contributed by atoms with Gasteiger partial charge >= 0.3 is 0 Å². The average molecular weight is 588 g/mol. The number of ether oxygens (including phenoxy) is 1. The van der Waals surface area contributed by atoms with Crippen LogP contribution in [-0.4, -0.2) is 14.5 Å². The largest absolute Gasteiger partial charge is 0.457 e. The Kier molecular flexibility index (Phi) is 6.42. The van der Waals surface area contributed by atoms with Gasteiger partial charge < -0.3 is 9.15 Å². The first-order chi connectivity index (χ1) is 22.0. The van der Waals surface area contributed by atoms with Gasteiger partial charge in [-0.15, -0.1) is 0 Å². The highest BCUT2D eigenvalue weighted by molar-refractivity contribution is 6.22. The summed E-state index contributed by atoms with van der Waals surface area (Å²) in [4.78, 5) is 9.59. The van der Waals surface area contributed by atoms with Gasteiger partial charge in [0.1, 0.15) is 28.5 Å². The lowest BCUT2D eigenvalue weighted by molar-refractivity contribution is 0.489. The van der Waals surface area contributed by atoms with E-state index in [0.29, 0.717) is 11.8 Å². The Bertz CT molecular complexity index is 2350. The van der Waals surface area contributed by atoms with E-state index in [2.05, 4.69) is 99.1 Å². The number of hydrogen-bond donors (Lipinski definition) is 0. The number of hydrogen-bond acceptors (Lipinski definition) is 4. The van der Waals surface area contributed by atoms with Crippen LogP contribution in [0.3, 0.4) is 0 Å². The normalized spacial score (nSPS) is 12.0. The lowest BCUT2D eigenvalue weighted by Crippen LogP contribution is -2.07. The van der Waals surface area contributed by atoms with Gasteiger partial charge in [-0.05, 0) is 59.4 Å². The molecule has 0 amide bonds. The van der Waals surface area contributed by atoms with Crippen molar-refractivity contribution >= 4 is 43.6 Å². The number of rotatable bonds is 6. The maximum absolute atomic E-state index is 6.80. The van der Waals surface area contributed by atoms with Crippen LogP contribution < -0.4 is 4.74 Å². The maximum Gasteiger partial charge on any atom is 0.147 e. The van der Waals surface area contributed by atoms with Crippen molar-refractivity contribution in [2.24, 2.45) is 0 Å². The fraction of sp³-hybridized carbons (Fsp3) is 0.150. The monoisotopic (exact) mass is 587 g/mol. The number of fused-ring (bicyclic) bond motifs is 7. The van der Waals surface area contributed by atoms with Crippen LogP contribution in [0.15, 0.2) is 120 Å². The first-order valence-electron chi connectivity index (χ1n) is 15.5. The molecule has 45 heavy (non-hydrogen) atoms. The summed E-state index contributed by atoms with van der Waals surface area (Å²) in [5, 5.41) is 5.05. The SMILES string of the molecule is CC(C)c1cccc(C(C)C)c1-n1ccnc1-c1cccc(Oc2cc3c(ccc4cccnc43)c3oc4ccccc4c23)c1. The minimum absolute atomic E-state index is 0.370. The number of para-hydroxylation sites is 2. The Hall–Kier alpha value is -5.42. The highest BCUT2D eigenvalue weighted by Gasteiger charge is 2.21. The molecule has 3 heterocycles. The zero-order valence-electron chi connectivity index (χ0n) is 25.8. The van der Waals surface area contributed by atoms with Gasteiger partial charge in [-0.3, -0.25) is 9.55 Å². The number of nitrogens with zero attached hydrogens (tertiary/aromatic N) is 3. The van der Waals surface area contributed by atoms with Crippen LogP contribution >= 0.6 is 0 Å². The van der Waals surface area contributed by atoms with Gasteiger partial charge in [-0.1, -0.05) is 88.4 Å². The first kappa shape index (κ1) is 27.2. The van der Waals surface area contributed by atoms with Crippen molar-refractivity contribution in [3.05, 3.63) is 127 Å². The molecule has 0 atom stereocenters. The van der Waals surface area contributed by atoms with Gasteiger partial charge in [0.25, 0.3) is 0 Å². The van der Waals surface area contributed by atoms with E-state index >= 15 is 0 Å². The molecule has 0 saturated heterocycles. The molecule has 0 bridgehead atoms. The van der Waals surface area contributed by atoms with Crippen LogP contribution in [0.4, 0.5) is 0 Å². The molecule has 0 N–H and O–H groups in total. The van der Waals surface area contributed by atoms with E-state index in [1.807, 2.05) is 48.8 Å². The highest BCUT2D eigenvalue weighted by Crippen LogP contribution is 2.44. The van der Waals surface area contributed by atoms with Gasteiger partial charge in [0.05, 0.1) is 16.6 Å². The van der Waals surface area contributed by atoms with Gasteiger partial charge in [0, 0.05) is 45.7 Å². The summed E-state index contributed by atoms with van der Waals surface area (Å²) < 4.78 is 15.5. The Morgan fingerprint density at radius 2 is 1.49 bits per heavy atom. The molecule has 0 radical (unpaired) electrons. The van der Waals surface area contributed by atoms with Crippen molar-refractivity contribution in [3.63, 3.8) is 0 Å². The molecule has 8 rings (SSSR count). The van der Waals surface area contributed by atoms with Gasteiger partial charge in [-0.2, -0.15) is 0 Å². The molecule has 3 aromatic heterocycles. The van der Waals surface area contributed by atoms with E-state index in [1.165, 1.54) is 16.8 Å². The predicted octanol–water partition coefficient (Wildman–Crippen LogP) is 11.2. The van der Waals surface area contributed by atoms with Crippen molar-refractivity contribution in [2.45, 2.75) is 39.5 Å². The van der Waals surface area contributed by atoms with E-state index in [1.54, 1.807) is 0 Å². The van der Waals surface area contributed by atoms with Crippen LogP contribution in [-0.2, 0) is 0 Å². The summed E-state index contributed by atoms with van der Waals surface area (Å²) >= 11 is 0. The molecule has 5 heteroatoms. The second kappa shape index (κ2) is 10.6. The second-order valence-electron chi connectivity index (χ2n) is 12.3. The molecule has 0 spiro atoms. The molecule has 0 aliphatic heterocycles. The summed E-state index contributed by atoms with van der Waals surface area (Å²) in [7, 11) is 0. The van der Waals surface area contributed by atoms with Crippen LogP contribution in [0.5, 0.6) is 11.5 Å². The fourth-order valence-electron chi connectivity index (χ4n) is 6.59. The predicted molar refractivity (Wildman–Crippen MR) is 184 cm³/mol. The Morgan fingerprint density at radius 1 is 0.689 bits per heavy atom. The summed E-state index contributed by atoms with van der Waals surface area (Å²) in [5.41, 5.74) is 7.34. The van der Waals surface area contributed by atoms with Crippen molar-refractivity contribution in [3.8, 4) is 28.6 Å². The average Bonchev–Trinajstić information content (AvgIpc) is 3.70. The lowest BCUT2D eigenvalue weighted by atomic mass is 9.92. The third-order valence-electron chi connectivity index (χ3n) is 8.72. The van der Waals surface area contributed by atoms with Crippen LogP contribution in [0, 0.1) is 0 Å². The zero-order chi connectivity index (χ0) is 30.7. The third-order valence-corrected chi connectivity index (χ3v) is 8.72. The number of benzene rings is 5. The summed E-state index contributed by atoms with van der Waals surface area (Å²) in [6.07, 6.45) is 5.78. The van der Waals surface area contributed by atoms with E-state index in [-0.39, 0.29) is 0 Å². The lowest BCUT2D eigenvalue weighted by Gasteiger charge is -2.22. The Labute approximate surface area is 261 Å². The molecule has 220 valence electrons. The van der Waals surface area contributed by atoms with E-state index < -0.39 is 0 Å². The summed E-state index contributed by atoms with van der Waals surface area (Å²) in [5.74, 6) is 3.07. The smallest absolute Gasteiger partial charge is 0.147 e. The van der Waals surface area contributed by atoms with Gasteiger partial charge in [0.15, 0.2) is 0 Å². The number of furan rings is 1. The number of aromatic nitrogens is 3. The van der Waals surface area contributed by atoms with Gasteiger partial charge in [-0.25, -0.2) is 4.98 Å². The van der Waals surface area contributed by atoms with E-state index in [0.717, 1.165) is 66.5 Å². The quantitative estimate of drug-likeness (QED) is 0.182. The molecular formula is C40H33N3O2. The molecule has 0 unspecified atom stereocenters. The zero-order valence-corrected chi connectivity index (χ0v) is 25.8. The minimum Gasteiger partial charge on any atom is -0.457 e. The van der Waals surface area contributed by atoms with Crippen LogP contribution in [0.2, 0.25) is 0 Å². The van der Waals surface area contributed by atoms with Gasteiger partial charge in [0.2, 0.25) is 0 Å².